The Labute approximate surface area is 78.1 Å². The smallest absolute Gasteiger partial charge is 0.192 e. The summed E-state index contributed by atoms with van der Waals surface area (Å²) in [6.07, 6.45) is 1.98. The van der Waals surface area contributed by atoms with Gasteiger partial charge in [0.05, 0.1) is 6.61 Å². The highest BCUT2D eigenvalue weighted by atomic mass is 16.7. The summed E-state index contributed by atoms with van der Waals surface area (Å²) in [4.78, 5) is 0. The largest absolute Gasteiger partial charge is 0.495 e. The van der Waals surface area contributed by atoms with Crippen LogP contribution in [0.2, 0.25) is 0 Å². The quantitative estimate of drug-likeness (QED) is 0.658. The maximum atomic E-state index is 10.0. The standard InChI is InChI=1S/C9H16O4/c1-9(10,8(11-2)12-3)7-5-4-6-13-7/h5,8,10H,4,6H2,1-3H3. The fourth-order valence-electron chi connectivity index (χ4n) is 1.44. The number of hydrogen-bond donors (Lipinski definition) is 1. The molecule has 1 heterocycles. The Morgan fingerprint density at radius 2 is 2.15 bits per heavy atom. The lowest BCUT2D eigenvalue weighted by Crippen LogP contribution is -2.43. The molecule has 1 aliphatic rings. The third-order valence-electron chi connectivity index (χ3n) is 2.09. The highest BCUT2D eigenvalue weighted by Gasteiger charge is 2.39. The summed E-state index contributed by atoms with van der Waals surface area (Å²) in [6.45, 7) is 2.23. The average Bonchev–Trinajstić information content (AvgIpc) is 2.58. The lowest BCUT2D eigenvalue weighted by atomic mass is 10.0. The van der Waals surface area contributed by atoms with E-state index in [1.807, 2.05) is 6.08 Å². The molecule has 1 N–H and O–H groups in total. The number of methoxy groups -OCH3 is 2. The summed E-state index contributed by atoms with van der Waals surface area (Å²) in [6, 6.07) is 0. The lowest BCUT2D eigenvalue weighted by Gasteiger charge is -2.30. The van der Waals surface area contributed by atoms with Gasteiger partial charge in [0.1, 0.15) is 5.76 Å². The first-order chi connectivity index (χ1) is 6.12. The van der Waals surface area contributed by atoms with Crippen LogP contribution < -0.4 is 0 Å². The van der Waals surface area contributed by atoms with E-state index < -0.39 is 11.9 Å². The molecule has 0 saturated heterocycles. The molecule has 4 nitrogen and oxygen atoms in total. The Balaban J connectivity index is 2.72. The van der Waals surface area contributed by atoms with Gasteiger partial charge in [-0.2, -0.15) is 0 Å². The number of rotatable bonds is 4. The number of aliphatic hydroxyl groups is 1. The van der Waals surface area contributed by atoms with Crippen LogP contribution in [0.5, 0.6) is 0 Å². The molecule has 1 unspecified atom stereocenters. The molecule has 0 amide bonds. The molecule has 0 aliphatic carbocycles. The summed E-state index contributed by atoms with van der Waals surface area (Å²) in [7, 11) is 2.97. The van der Waals surface area contributed by atoms with Gasteiger partial charge < -0.3 is 19.3 Å². The molecule has 1 atom stereocenters. The topological polar surface area (TPSA) is 47.9 Å². The van der Waals surface area contributed by atoms with E-state index in [9.17, 15) is 5.11 Å². The lowest BCUT2D eigenvalue weighted by molar-refractivity contribution is -0.204. The van der Waals surface area contributed by atoms with Gasteiger partial charge in [0, 0.05) is 20.6 Å². The molecule has 1 aliphatic heterocycles. The van der Waals surface area contributed by atoms with Crippen molar-refractivity contribution in [2.75, 3.05) is 20.8 Å². The second-order valence-electron chi connectivity index (χ2n) is 3.16. The van der Waals surface area contributed by atoms with Crippen LogP contribution in [0.1, 0.15) is 13.3 Å². The van der Waals surface area contributed by atoms with Crippen molar-refractivity contribution >= 4 is 0 Å². The molecule has 4 heteroatoms. The predicted octanol–water partition coefficient (Wildman–Crippen LogP) is 0.661. The molecule has 76 valence electrons. The van der Waals surface area contributed by atoms with E-state index in [0.29, 0.717) is 12.4 Å². The van der Waals surface area contributed by atoms with E-state index >= 15 is 0 Å². The van der Waals surface area contributed by atoms with Crippen molar-refractivity contribution in [2.24, 2.45) is 0 Å². The Kier molecular flexibility index (Phi) is 3.30. The van der Waals surface area contributed by atoms with Crippen molar-refractivity contribution < 1.29 is 19.3 Å². The van der Waals surface area contributed by atoms with Crippen LogP contribution in [0.3, 0.4) is 0 Å². The molecule has 0 aromatic carbocycles. The van der Waals surface area contributed by atoms with Gasteiger partial charge in [0.15, 0.2) is 11.9 Å². The van der Waals surface area contributed by atoms with Gasteiger partial charge in [-0.3, -0.25) is 0 Å². The normalized spacial score (nSPS) is 21.2. The third kappa shape index (κ3) is 2.02. The first-order valence-electron chi connectivity index (χ1n) is 4.24. The van der Waals surface area contributed by atoms with Crippen LogP contribution in [0.15, 0.2) is 11.8 Å². The monoisotopic (exact) mass is 188 g/mol. The van der Waals surface area contributed by atoms with Gasteiger partial charge in [0.25, 0.3) is 0 Å². The summed E-state index contributed by atoms with van der Waals surface area (Å²) in [5, 5.41) is 10.0. The van der Waals surface area contributed by atoms with Crippen LogP contribution in [0, 0.1) is 0 Å². The molecular weight excluding hydrogens is 172 g/mol. The molecule has 0 aromatic heterocycles. The van der Waals surface area contributed by atoms with Gasteiger partial charge in [-0.1, -0.05) is 0 Å². The summed E-state index contributed by atoms with van der Waals surface area (Å²) >= 11 is 0. The fraction of sp³-hybridized carbons (Fsp3) is 0.778. The van der Waals surface area contributed by atoms with E-state index in [2.05, 4.69) is 0 Å². The zero-order valence-electron chi connectivity index (χ0n) is 8.24. The second kappa shape index (κ2) is 4.09. The molecule has 0 saturated carbocycles. The van der Waals surface area contributed by atoms with Crippen molar-refractivity contribution in [1.29, 1.82) is 0 Å². The number of ether oxygens (including phenoxy) is 3. The molecule has 0 radical (unpaired) electrons. The van der Waals surface area contributed by atoms with E-state index in [1.54, 1.807) is 6.92 Å². The van der Waals surface area contributed by atoms with Crippen molar-refractivity contribution in [3.05, 3.63) is 11.8 Å². The Morgan fingerprint density at radius 1 is 1.54 bits per heavy atom. The van der Waals surface area contributed by atoms with Crippen molar-refractivity contribution in [1.82, 2.24) is 0 Å². The summed E-state index contributed by atoms with van der Waals surface area (Å²) in [5.41, 5.74) is -1.21. The summed E-state index contributed by atoms with van der Waals surface area (Å²) in [5.74, 6) is 0.529. The predicted molar refractivity (Wildman–Crippen MR) is 47.1 cm³/mol. The zero-order chi connectivity index (χ0) is 9.90. The van der Waals surface area contributed by atoms with E-state index in [-0.39, 0.29) is 0 Å². The summed E-state index contributed by atoms with van der Waals surface area (Å²) < 4.78 is 15.2. The zero-order valence-corrected chi connectivity index (χ0v) is 8.24. The highest BCUT2D eigenvalue weighted by molar-refractivity contribution is 5.12. The van der Waals surface area contributed by atoms with Crippen LogP contribution in [-0.2, 0) is 14.2 Å². The van der Waals surface area contributed by atoms with Crippen LogP contribution in [0.25, 0.3) is 0 Å². The van der Waals surface area contributed by atoms with E-state index in [0.717, 1.165) is 6.42 Å². The highest BCUT2D eigenvalue weighted by Crippen LogP contribution is 2.27. The minimum atomic E-state index is -1.21. The van der Waals surface area contributed by atoms with E-state index in [1.165, 1.54) is 14.2 Å². The first kappa shape index (κ1) is 10.5. The fourth-order valence-corrected chi connectivity index (χ4v) is 1.44. The SMILES string of the molecule is COC(OC)C(C)(O)C1=CCCO1. The maximum Gasteiger partial charge on any atom is 0.192 e. The third-order valence-corrected chi connectivity index (χ3v) is 2.09. The van der Waals surface area contributed by atoms with Crippen molar-refractivity contribution in [3.8, 4) is 0 Å². The molecule has 0 bridgehead atoms. The minimum absolute atomic E-state index is 0.529. The Bertz CT molecular complexity index is 194. The van der Waals surface area contributed by atoms with Gasteiger partial charge in [-0.25, -0.2) is 0 Å². The van der Waals surface area contributed by atoms with Crippen LogP contribution in [-0.4, -0.2) is 37.8 Å². The second-order valence-corrected chi connectivity index (χ2v) is 3.16. The maximum absolute atomic E-state index is 10.0. The van der Waals surface area contributed by atoms with Crippen LogP contribution >= 0.6 is 0 Å². The minimum Gasteiger partial charge on any atom is -0.495 e. The molecule has 0 aromatic rings. The molecular formula is C9H16O4. The Morgan fingerprint density at radius 3 is 2.54 bits per heavy atom. The Hall–Kier alpha value is -0.580. The number of hydrogen-bond acceptors (Lipinski definition) is 4. The molecule has 1 rings (SSSR count). The molecule has 0 spiro atoms. The van der Waals surface area contributed by atoms with Crippen molar-refractivity contribution in [3.63, 3.8) is 0 Å². The average molecular weight is 188 g/mol. The first-order valence-corrected chi connectivity index (χ1v) is 4.24. The van der Waals surface area contributed by atoms with Gasteiger partial charge in [-0.05, 0) is 13.0 Å². The van der Waals surface area contributed by atoms with Gasteiger partial charge in [0.2, 0.25) is 0 Å². The molecule has 0 fully saturated rings. The van der Waals surface area contributed by atoms with Gasteiger partial charge in [-0.15, -0.1) is 0 Å². The van der Waals surface area contributed by atoms with Crippen molar-refractivity contribution in [2.45, 2.75) is 25.2 Å². The van der Waals surface area contributed by atoms with Crippen LogP contribution in [0.4, 0.5) is 0 Å². The van der Waals surface area contributed by atoms with Gasteiger partial charge >= 0.3 is 0 Å². The molecule has 13 heavy (non-hydrogen) atoms. The van der Waals surface area contributed by atoms with E-state index in [4.69, 9.17) is 14.2 Å².